The molecule has 0 saturated carbocycles. The Morgan fingerprint density at radius 1 is 1.04 bits per heavy atom. The van der Waals surface area contributed by atoms with Gasteiger partial charge >= 0.3 is 0 Å². The number of nitriles is 1. The first kappa shape index (κ1) is 20.0. The average molecular weight is 393 g/mol. The summed E-state index contributed by atoms with van der Waals surface area (Å²) in [7, 11) is 0. The van der Waals surface area contributed by atoms with Gasteiger partial charge in [0.25, 0.3) is 0 Å². The molecule has 0 spiro atoms. The molecule has 144 valence electrons. The Balaban J connectivity index is 1.72. The van der Waals surface area contributed by atoms with E-state index in [9.17, 15) is 0 Å². The Morgan fingerprint density at radius 2 is 1.82 bits per heavy atom. The number of thioether (sulfide) groups is 1. The molecule has 28 heavy (non-hydrogen) atoms. The van der Waals surface area contributed by atoms with E-state index in [4.69, 9.17) is 10.00 Å². The first-order chi connectivity index (χ1) is 13.8. The summed E-state index contributed by atoms with van der Waals surface area (Å²) in [5, 5.41) is 18.3. The summed E-state index contributed by atoms with van der Waals surface area (Å²) in [5.74, 6) is 2.47. The fraction of sp³-hybridized carbons (Fsp3) is 0.318. The normalized spacial score (nSPS) is 10.6. The fourth-order valence-electron chi connectivity index (χ4n) is 2.74. The van der Waals surface area contributed by atoms with Crippen molar-refractivity contribution in [3.63, 3.8) is 0 Å². The van der Waals surface area contributed by atoms with Crippen molar-refractivity contribution in [2.45, 2.75) is 44.5 Å². The van der Waals surface area contributed by atoms with Gasteiger partial charge in [-0.05, 0) is 36.1 Å². The van der Waals surface area contributed by atoms with Gasteiger partial charge in [0.1, 0.15) is 12.4 Å². The van der Waals surface area contributed by atoms with Crippen LogP contribution in [-0.4, -0.2) is 20.5 Å². The van der Waals surface area contributed by atoms with Gasteiger partial charge in [-0.3, -0.25) is 4.57 Å². The maximum atomic E-state index is 8.72. The van der Waals surface area contributed by atoms with Crippen LogP contribution in [-0.2, 0) is 19.6 Å². The number of ether oxygens (including phenoxy) is 1. The molecule has 0 aliphatic heterocycles. The van der Waals surface area contributed by atoms with Gasteiger partial charge in [0, 0.05) is 12.2 Å². The predicted octanol–water partition coefficient (Wildman–Crippen LogP) is 4.86. The maximum absolute atomic E-state index is 8.72. The van der Waals surface area contributed by atoms with Crippen LogP contribution in [0.3, 0.4) is 0 Å². The zero-order chi connectivity index (χ0) is 19.6. The molecule has 0 N–H and O–H groups in total. The number of aryl methyl sites for hydroxylation is 1. The second-order valence-corrected chi connectivity index (χ2v) is 7.43. The second kappa shape index (κ2) is 10.5. The van der Waals surface area contributed by atoms with Crippen LogP contribution in [0.1, 0.15) is 36.7 Å². The van der Waals surface area contributed by atoms with Crippen LogP contribution in [0.15, 0.2) is 59.8 Å². The van der Waals surface area contributed by atoms with E-state index < -0.39 is 0 Å². The highest BCUT2D eigenvalue weighted by Crippen LogP contribution is 2.21. The van der Waals surface area contributed by atoms with Crippen molar-refractivity contribution in [2.24, 2.45) is 0 Å². The second-order valence-electron chi connectivity index (χ2n) is 6.37. The van der Waals surface area contributed by atoms with Gasteiger partial charge in [-0.15, -0.1) is 10.2 Å². The molecule has 0 aliphatic rings. The number of hydrogen-bond donors (Lipinski definition) is 0. The van der Waals surface area contributed by atoms with Crippen LogP contribution in [0.4, 0.5) is 0 Å². The summed E-state index contributed by atoms with van der Waals surface area (Å²) in [6.07, 6.45) is 2.41. The van der Waals surface area contributed by atoms with Gasteiger partial charge in [0.05, 0.1) is 12.6 Å². The molecule has 0 bridgehead atoms. The lowest BCUT2D eigenvalue weighted by Gasteiger charge is -2.11. The van der Waals surface area contributed by atoms with Gasteiger partial charge in [-0.25, -0.2) is 0 Å². The Kier molecular flexibility index (Phi) is 7.51. The summed E-state index contributed by atoms with van der Waals surface area (Å²) >= 11 is 1.64. The van der Waals surface area contributed by atoms with Crippen molar-refractivity contribution in [1.82, 2.24) is 14.8 Å². The lowest BCUT2D eigenvalue weighted by Crippen LogP contribution is -2.09. The van der Waals surface area contributed by atoms with Crippen LogP contribution in [0.25, 0.3) is 0 Å². The van der Waals surface area contributed by atoms with Gasteiger partial charge < -0.3 is 4.74 Å². The van der Waals surface area contributed by atoms with Gasteiger partial charge in [-0.2, -0.15) is 5.26 Å². The summed E-state index contributed by atoms with van der Waals surface area (Å²) < 4.78 is 8.05. The largest absolute Gasteiger partial charge is 0.486 e. The van der Waals surface area contributed by atoms with E-state index in [1.807, 2.05) is 30.3 Å². The van der Waals surface area contributed by atoms with Crippen molar-refractivity contribution in [3.8, 4) is 11.8 Å². The Bertz CT molecular complexity index is 901. The molecule has 1 aromatic heterocycles. The summed E-state index contributed by atoms with van der Waals surface area (Å²) in [5.41, 5.74) is 2.48. The predicted molar refractivity (Wildman–Crippen MR) is 111 cm³/mol. The van der Waals surface area contributed by atoms with Gasteiger partial charge in [0.15, 0.2) is 11.0 Å². The highest BCUT2D eigenvalue weighted by Gasteiger charge is 2.14. The SMILES string of the molecule is CCc1ccc(OCc2nnc(SCCCC#N)n2Cc2ccccc2)cc1. The molecule has 0 atom stereocenters. The molecular formula is C22H24N4OS. The van der Waals surface area contributed by atoms with E-state index in [-0.39, 0.29) is 0 Å². The topological polar surface area (TPSA) is 63.7 Å². The quantitative estimate of drug-likeness (QED) is 0.364. The van der Waals surface area contributed by atoms with E-state index in [0.717, 1.165) is 35.3 Å². The minimum absolute atomic E-state index is 0.365. The van der Waals surface area contributed by atoms with Crippen LogP contribution in [0.2, 0.25) is 0 Å². The van der Waals surface area contributed by atoms with Crippen LogP contribution >= 0.6 is 11.8 Å². The van der Waals surface area contributed by atoms with Crippen LogP contribution < -0.4 is 4.74 Å². The van der Waals surface area contributed by atoms with Crippen molar-refractivity contribution in [1.29, 1.82) is 5.26 Å². The minimum Gasteiger partial charge on any atom is -0.486 e. The monoisotopic (exact) mass is 392 g/mol. The molecule has 6 heteroatoms. The molecule has 0 unspecified atom stereocenters. The van der Waals surface area contributed by atoms with E-state index >= 15 is 0 Å². The standard InChI is InChI=1S/C22H24N4OS/c1-2-18-10-12-20(13-11-18)27-17-21-24-25-22(28-15-7-6-14-23)26(21)16-19-8-4-3-5-9-19/h3-5,8-13H,2,6-7,15-17H2,1H3. The highest BCUT2D eigenvalue weighted by molar-refractivity contribution is 7.99. The van der Waals surface area contributed by atoms with Gasteiger partial charge in [-0.1, -0.05) is 61.2 Å². The maximum Gasteiger partial charge on any atom is 0.191 e. The molecule has 5 nitrogen and oxygen atoms in total. The molecule has 3 aromatic rings. The number of rotatable bonds is 10. The molecule has 2 aromatic carbocycles. The van der Waals surface area contributed by atoms with E-state index in [2.05, 4.69) is 52.0 Å². The Labute approximate surface area is 170 Å². The third-order valence-corrected chi connectivity index (χ3v) is 5.39. The molecule has 3 rings (SSSR count). The van der Waals surface area contributed by atoms with E-state index in [0.29, 0.717) is 19.6 Å². The summed E-state index contributed by atoms with van der Waals surface area (Å²) in [6.45, 7) is 3.20. The minimum atomic E-state index is 0.365. The van der Waals surface area contributed by atoms with Crippen molar-refractivity contribution in [2.75, 3.05) is 5.75 Å². The van der Waals surface area contributed by atoms with E-state index in [1.54, 1.807) is 11.8 Å². The lowest BCUT2D eigenvalue weighted by molar-refractivity contribution is 0.289. The summed E-state index contributed by atoms with van der Waals surface area (Å²) in [4.78, 5) is 0. The molecule has 0 saturated heterocycles. The van der Waals surface area contributed by atoms with Crippen molar-refractivity contribution in [3.05, 3.63) is 71.5 Å². The molecule has 0 fully saturated rings. The molecule has 0 amide bonds. The number of benzene rings is 2. The van der Waals surface area contributed by atoms with Crippen LogP contribution in [0.5, 0.6) is 5.75 Å². The molecule has 0 radical (unpaired) electrons. The van der Waals surface area contributed by atoms with E-state index in [1.165, 1.54) is 11.1 Å². The first-order valence-electron chi connectivity index (χ1n) is 9.47. The van der Waals surface area contributed by atoms with Crippen molar-refractivity contribution >= 4 is 11.8 Å². The highest BCUT2D eigenvalue weighted by atomic mass is 32.2. The van der Waals surface area contributed by atoms with Crippen molar-refractivity contribution < 1.29 is 4.74 Å². The zero-order valence-corrected chi connectivity index (χ0v) is 16.9. The number of nitrogens with zero attached hydrogens (tertiary/aromatic N) is 4. The van der Waals surface area contributed by atoms with Crippen LogP contribution in [0, 0.1) is 11.3 Å². The summed E-state index contributed by atoms with van der Waals surface area (Å²) in [6, 6.07) is 20.6. The third-order valence-electron chi connectivity index (χ3n) is 4.34. The fourth-order valence-corrected chi connectivity index (χ4v) is 3.64. The molecular weight excluding hydrogens is 368 g/mol. The zero-order valence-electron chi connectivity index (χ0n) is 16.0. The average Bonchev–Trinajstić information content (AvgIpc) is 3.12. The number of aromatic nitrogens is 3. The molecule has 1 heterocycles. The first-order valence-corrected chi connectivity index (χ1v) is 10.5. The smallest absolute Gasteiger partial charge is 0.191 e. The third kappa shape index (κ3) is 5.61. The number of hydrogen-bond acceptors (Lipinski definition) is 5. The molecule has 0 aliphatic carbocycles. The number of unbranched alkanes of at least 4 members (excludes halogenated alkanes) is 1. The van der Waals surface area contributed by atoms with Gasteiger partial charge in [0.2, 0.25) is 0 Å². The Hall–Kier alpha value is -2.78. The Morgan fingerprint density at radius 3 is 2.54 bits per heavy atom. The lowest BCUT2D eigenvalue weighted by atomic mass is 10.2.